The minimum atomic E-state index is 0.263. The van der Waals surface area contributed by atoms with E-state index < -0.39 is 0 Å². The maximum atomic E-state index is 11.8. The van der Waals surface area contributed by atoms with Gasteiger partial charge in [0.1, 0.15) is 5.75 Å². The molecule has 0 unspecified atom stereocenters. The van der Waals surface area contributed by atoms with E-state index in [-0.39, 0.29) is 5.91 Å². The fraction of sp³-hybridized carbons (Fsp3) is 0.462. The standard InChI is InChI=1S/C26H34N4O2/c1-2-27-26(29-17-23-6-3-4-7-24(23)32-19-22-13-14-22)28-16-20-9-11-21(12-10-20)18-30-15-5-8-25(30)31/h3-4,6-7,9-12,22H,2,5,8,13-19H2,1H3,(H2,27,28,29). The van der Waals surface area contributed by atoms with Crippen molar-refractivity contribution in [3.63, 3.8) is 0 Å². The highest BCUT2D eigenvalue weighted by atomic mass is 16.5. The molecule has 0 spiro atoms. The van der Waals surface area contributed by atoms with Crippen LogP contribution in [0.4, 0.5) is 0 Å². The molecule has 1 aliphatic heterocycles. The number of hydrogen-bond acceptors (Lipinski definition) is 3. The molecule has 0 radical (unpaired) electrons. The zero-order chi connectivity index (χ0) is 22.2. The zero-order valence-electron chi connectivity index (χ0n) is 19.0. The second-order valence-corrected chi connectivity index (χ2v) is 8.65. The molecule has 6 nitrogen and oxygen atoms in total. The quantitative estimate of drug-likeness (QED) is 0.440. The van der Waals surface area contributed by atoms with Crippen molar-refractivity contribution in [1.82, 2.24) is 15.5 Å². The lowest BCUT2D eigenvalue weighted by molar-refractivity contribution is -0.128. The number of ether oxygens (including phenoxy) is 1. The number of aliphatic imine (C=N–C) groups is 1. The molecular weight excluding hydrogens is 400 g/mol. The first-order valence-corrected chi connectivity index (χ1v) is 11.8. The number of amides is 1. The smallest absolute Gasteiger partial charge is 0.222 e. The van der Waals surface area contributed by atoms with Crippen LogP contribution >= 0.6 is 0 Å². The maximum absolute atomic E-state index is 11.8. The SMILES string of the molecule is CCNC(=NCc1ccc(CN2CCCC2=O)cc1)NCc1ccccc1OCC1CC1. The van der Waals surface area contributed by atoms with Gasteiger partial charge in [-0.1, -0.05) is 42.5 Å². The molecule has 1 heterocycles. The summed E-state index contributed by atoms with van der Waals surface area (Å²) in [6, 6.07) is 16.6. The minimum Gasteiger partial charge on any atom is -0.493 e. The average molecular weight is 435 g/mol. The Hall–Kier alpha value is -3.02. The van der Waals surface area contributed by atoms with Gasteiger partial charge in [0.2, 0.25) is 5.91 Å². The molecule has 4 rings (SSSR count). The van der Waals surface area contributed by atoms with Gasteiger partial charge in [0.25, 0.3) is 0 Å². The van der Waals surface area contributed by atoms with Gasteiger partial charge in [-0.3, -0.25) is 4.79 Å². The predicted molar refractivity (Wildman–Crippen MR) is 127 cm³/mol. The van der Waals surface area contributed by atoms with Crippen LogP contribution < -0.4 is 15.4 Å². The number of guanidine groups is 1. The van der Waals surface area contributed by atoms with Crippen molar-refractivity contribution in [2.75, 3.05) is 19.7 Å². The third kappa shape index (κ3) is 6.49. The van der Waals surface area contributed by atoms with Gasteiger partial charge >= 0.3 is 0 Å². The number of hydrogen-bond donors (Lipinski definition) is 2. The van der Waals surface area contributed by atoms with Gasteiger partial charge in [0, 0.05) is 38.2 Å². The van der Waals surface area contributed by atoms with Crippen LogP contribution in [0.1, 0.15) is 49.3 Å². The molecular formula is C26H34N4O2. The lowest BCUT2D eigenvalue weighted by Gasteiger charge is -2.16. The lowest BCUT2D eigenvalue weighted by atomic mass is 10.1. The van der Waals surface area contributed by atoms with Crippen molar-refractivity contribution in [3.8, 4) is 5.75 Å². The van der Waals surface area contributed by atoms with Crippen molar-refractivity contribution >= 4 is 11.9 Å². The Labute approximate surface area is 191 Å². The van der Waals surface area contributed by atoms with Crippen LogP contribution in [0.3, 0.4) is 0 Å². The van der Waals surface area contributed by atoms with E-state index in [2.05, 4.69) is 47.9 Å². The number of benzene rings is 2. The highest BCUT2D eigenvalue weighted by Crippen LogP contribution is 2.30. The summed E-state index contributed by atoms with van der Waals surface area (Å²) in [5.41, 5.74) is 3.45. The van der Waals surface area contributed by atoms with Crippen molar-refractivity contribution in [1.29, 1.82) is 0 Å². The van der Waals surface area contributed by atoms with Crippen LogP contribution in [0.5, 0.6) is 5.75 Å². The molecule has 0 aromatic heterocycles. The molecule has 1 saturated heterocycles. The van der Waals surface area contributed by atoms with E-state index in [1.54, 1.807) is 0 Å². The highest BCUT2D eigenvalue weighted by molar-refractivity contribution is 5.79. The van der Waals surface area contributed by atoms with Gasteiger partial charge in [-0.15, -0.1) is 0 Å². The monoisotopic (exact) mass is 434 g/mol. The highest BCUT2D eigenvalue weighted by Gasteiger charge is 2.22. The Bertz CT molecular complexity index is 922. The second-order valence-electron chi connectivity index (χ2n) is 8.65. The van der Waals surface area contributed by atoms with Gasteiger partial charge in [-0.25, -0.2) is 4.99 Å². The first kappa shape index (κ1) is 22.2. The number of likely N-dealkylation sites (tertiary alicyclic amines) is 1. The summed E-state index contributed by atoms with van der Waals surface area (Å²) in [5, 5.41) is 6.75. The van der Waals surface area contributed by atoms with Crippen LogP contribution in [0.15, 0.2) is 53.5 Å². The number of carbonyl (C=O) groups excluding carboxylic acids is 1. The summed E-state index contributed by atoms with van der Waals surface area (Å²) in [6.45, 7) is 6.51. The van der Waals surface area contributed by atoms with E-state index in [4.69, 9.17) is 9.73 Å². The Morgan fingerprint density at radius 3 is 2.59 bits per heavy atom. The number of rotatable bonds is 10. The molecule has 2 aromatic rings. The van der Waals surface area contributed by atoms with E-state index in [0.717, 1.165) is 54.9 Å². The second kappa shape index (κ2) is 11.0. The normalized spacial score (nSPS) is 16.3. The van der Waals surface area contributed by atoms with Crippen molar-refractivity contribution in [3.05, 3.63) is 65.2 Å². The summed E-state index contributed by atoms with van der Waals surface area (Å²) in [5.74, 6) is 2.74. The fourth-order valence-electron chi connectivity index (χ4n) is 3.82. The summed E-state index contributed by atoms with van der Waals surface area (Å²) in [4.78, 5) is 18.5. The van der Waals surface area contributed by atoms with Crippen LogP contribution in [-0.2, 0) is 24.4 Å². The van der Waals surface area contributed by atoms with Gasteiger partial charge < -0.3 is 20.3 Å². The Kier molecular flexibility index (Phi) is 7.64. The van der Waals surface area contributed by atoms with E-state index in [1.807, 2.05) is 23.1 Å². The molecule has 2 aliphatic rings. The summed E-state index contributed by atoms with van der Waals surface area (Å²) >= 11 is 0. The number of nitrogens with zero attached hydrogens (tertiary/aromatic N) is 2. The average Bonchev–Trinajstić information content (AvgIpc) is 3.57. The third-order valence-corrected chi connectivity index (χ3v) is 5.92. The molecule has 170 valence electrons. The van der Waals surface area contributed by atoms with Crippen LogP contribution in [0.25, 0.3) is 0 Å². The first-order valence-electron chi connectivity index (χ1n) is 11.8. The molecule has 2 fully saturated rings. The van der Waals surface area contributed by atoms with Crippen LogP contribution in [0, 0.1) is 5.92 Å². The van der Waals surface area contributed by atoms with Gasteiger partial charge in [-0.2, -0.15) is 0 Å². The Morgan fingerprint density at radius 2 is 1.88 bits per heavy atom. The third-order valence-electron chi connectivity index (χ3n) is 5.92. The molecule has 2 aromatic carbocycles. The van der Waals surface area contributed by atoms with E-state index in [9.17, 15) is 4.79 Å². The van der Waals surface area contributed by atoms with Crippen molar-refractivity contribution in [2.45, 2.75) is 52.2 Å². The summed E-state index contributed by atoms with van der Waals surface area (Å²) < 4.78 is 6.02. The molecule has 0 atom stereocenters. The van der Waals surface area contributed by atoms with Crippen LogP contribution in [0.2, 0.25) is 0 Å². The van der Waals surface area contributed by atoms with Gasteiger partial charge in [0.15, 0.2) is 5.96 Å². The van der Waals surface area contributed by atoms with Gasteiger partial charge in [-0.05, 0) is 49.3 Å². The number of nitrogens with one attached hydrogen (secondary N) is 2. The predicted octanol–water partition coefficient (Wildman–Crippen LogP) is 3.85. The maximum Gasteiger partial charge on any atom is 0.222 e. The van der Waals surface area contributed by atoms with Gasteiger partial charge in [0.05, 0.1) is 13.2 Å². The molecule has 2 N–H and O–H groups in total. The van der Waals surface area contributed by atoms with E-state index >= 15 is 0 Å². The van der Waals surface area contributed by atoms with Crippen molar-refractivity contribution < 1.29 is 9.53 Å². The minimum absolute atomic E-state index is 0.263. The van der Waals surface area contributed by atoms with E-state index in [1.165, 1.54) is 18.4 Å². The summed E-state index contributed by atoms with van der Waals surface area (Å²) in [6.07, 6.45) is 4.23. The fourth-order valence-corrected chi connectivity index (χ4v) is 3.82. The topological polar surface area (TPSA) is 66.0 Å². The molecule has 1 saturated carbocycles. The molecule has 1 amide bonds. The molecule has 6 heteroatoms. The Morgan fingerprint density at radius 1 is 1.09 bits per heavy atom. The number of carbonyl (C=O) groups is 1. The number of para-hydroxylation sites is 1. The first-order chi connectivity index (χ1) is 15.7. The van der Waals surface area contributed by atoms with E-state index in [0.29, 0.717) is 26.1 Å². The largest absolute Gasteiger partial charge is 0.493 e. The molecule has 0 bridgehead atoms. The summed E-state index contributed by atoms with van der Waals surface area (Å²) in [7, 11) is 0. The molecule has 32 heavy (non-hydrogen) atoms. The lowest BCUT2D eigenvalue weighted by Crippen LogP contribution is -2.36. The van der Waals surface area contributed by atoms with Crippen LogP contribution in [-0.4, -0.2) is 36.5 Å². The molecule has 1 aliphatic carbocycles. The van der Waals surface area contributed by atoms with Crippen molar-refractivity contribution in [2.24, 2.45) is 10.9 Å². The Balaban J connectivity index is 1.31. The zero-order valence-corrected chi connectivity index (χ0v) is 19.0.